The molecule has 0 radical (unpaired) electrons. The lowest BCUT2D eigenvalue weighted by Crippen LogP contribution is -2.52. The summed E-state index contributed by atoms with van der Waals surface area (Å²) in [7, 11) is -3.94. The molecule has 0 aliphatic heterocycles. The zero-order chi connectivity index (χ0) is 26.3. The Kier molecular flexibility index (Phi) is 10.4. The minimum atomic E-state index is -3.94. The van der Waals surface area contributed by atoms with Gasteiger partial charge in [0.2, 0.25) is 21.8 Å². The Labute approximate surface area is 216 Å². The summed E-state index contributed by atoms with van der Waals surface area (Å²) in [6.45, 7) is 5.45. The van der Waals surface area contributed by atoms with E-state index in [0.29, 0.717) is 17.1 Å². The molecule has 0 fully saturated rings. The van der Waals surface area contributed by atoms with Crippen LogP contribution < -0.4 is 9.62 Å². The summed E-state index contributed by atoms with van der Waals surface area (Å²) in [5.41, 5.74) is 0.618. The van der Waals surface area contributed by atoms with Gasteiger partial charge in [-0.25, -0.2) is 12.8 Å². The van der Waals surface area contributed by atoms with Crippen LogP contribution in [0.4, 0.5) is 10.1 Å². The van der Waals surface area contributed by atoms with Crippen molar-refractivity contribution in [3.8, 4) is 0 Å². The van der Waals surface area contributed by atoms with Crippen molar-refractivity contribution in [3.63, 3.8) is 0 Å². The first-order valence-corrected chi connectivity index (χ1v) is 13.7. The Hall–Kier alpha value is -2.36. The van der Waals surface area contributed by atoms with Crippen molar-refractivity contribution in [2.75, 3.05) is 23.7 Å². The zero-order valence-electron chi connectivity index (χ0n) is 20.1. The monoisotopic (exact) mass is 545 g/mol. The second-order valence-corrected chi connectivity index (χ2v) is 11.3. The van der Waals surface area contributed by atoms with Gasteiger partial charge in [0.15, 0.2) is 0 Å². The van der Waals surface area contributed by atoms with Gasteiger partial charge < -0.3 is 10.2 Å². The molecule has 2 aromatic carbocycles. The number of halogens is 3. The van der Waals surface area contributed by atoms with E-state index in [1.165, 1.54) is 23.1 Å². The molecule has 1 unspecified atom stereocenters. The number of sulfonamides is 1. The third-order valence-electron chi connectivity index (χ3n) is 5.18. The van der Waals surface area contributed by atoms with Crippen LogP contribution in [-0.4, -0.2) is 50.5 Å². The average molecular weight is 546 g/mol. The Morgan fingerprint density at radius 2 is 1.77 bits per heavy atom. The lowest BCUT2D eigenvalue weighted by Gasteiger charge is -2.33. The highest BCUT2D eigenvalue weighted by Gasteiger charge is 2.32. The van der Waals surface area contributed by atoms with Crippen LogP contribution in [0.25, 0.3) is 0 Å². The van der Waals surface area contributed by atoms with Crippen LogP contribution in [0.2, 0.25) is 10.0 Å². The molecule has 1 N–H and O–H groups in total. The lowest BCUT2D eigenvalue weighted by atomic mass is 10.1. The molecule has 0 aliphatic carbocycles. The Morgan fingerprint density at radius 3 is 2.31 bits per heavy atom. The number of carbonyl (C=O) groups excluding carboxylic acids is 2. The largest absolute Gasteiger partial charge is 0.354 e. The van der Waals surface area contributed by atoms with Crippen molar-refractivity contribution in [1.82, 2.24) is 10.2 Å². The molecule has 35 heavy (non-hydrogen) atoms. The van der Waals surface area contributed by atoms with Crippen LogP contribution in [0.15, 0.2) is 42.5 Å². The predicted octanol–water partition coefficient (Wildman–Crippen LogP) is 4.48. The lowest BCUT2D eigenvalue weighted by molar-refractivity contribution is -0.140. The highest BCUT2D eigenvalue weighted by atomic mass is 35.5. The molecule has 0 aliphatic rings. The van der Waals surface area contributed by atoms with Gasteiger partial charge in [-0.05, 0) is 48.2 Å². The number of benzene rings is 2. The molecule has 0 bridgehead atoms. The van der Waals surface area contributed by atoms with Crippen LogP contribution >= 0.6 is 23.2 Å². The molecule has 192 valence electrons. The molecule has 0 saturated heterocycles. The van der Waals surface area contributed by atoms with E-state index in [1.54, 1.807) is 25.1 Å². The van der Waals surface area contributed by atoms with E-state index in [0.717, 1.165) is 16.6 Å². The average Bonchev–Trinajstić information content (AvgIpc) is 2.77. The standard InChI is InChI=1S/C24H30Cl2FN3O4S/c1-5-22(24(32)28-13-16(2)3)29(14-17-9-10-20(25)21(26)11-17)23(31)15-30(35(4,33)34)19-8-6-7-18(27)12-19/h6-12,16,22H,5,13-15H2,1-4H3,(H,28,32). The maximum atomic E-state index is 13.8. The summed E-state index contributed by atoms with van der Waals surface area (Å²) in [5, 5.41) is 3.46. The first kappa shape index (κ1) is 28.9. The summed E-state index contributed by atoms with van der Waals surface area (Å²) in [4.78, 5) is 27.9. The summed E-state index contributed by atoms with van der Waals surface area (Å²) < 4.78 is 39.7. The van der Waals surface area contributed by atoms with Crippen LogP contribution in [0, 0.1) is 11.7 Å². The van der Waals surface area contributed by atoms with Crippen LogP contribution in [0.5, 0.6) is 0 Å². The SMILES string of the molecule is CCC(C(=O)NCC(C)C)N(Cc1ccc(Cl)c(Cl)c1)C(=O)CN(c1cccc(F)c1)S(C)(=O)=O. The fourth-order valence-corrected chi connectivity index (χ4v) is 4.58. The summed E-state index contributed by atoms with van der Waals surface area (Å²) in [6.07, 6.45) is 1.22. The number of hydrogen-bond donors (Lipinski definition) is 1. The fourth-order valence-electron chi connectivity index (χ4n) is 3.42. The van der Waals surface area contributed by atoms with E-state index < -0.39 is 34.3 Å². The van der Waals surface area contributed by atoms with Crippen LogP contribution in [0.3, 0.4) is 0 Å². The molecule has 1 atom stereocenters. The van der Waals surface area contributed by atoms with Crippen molar-refractivity contribution in [3.05, 3.63) is 63.9 Å². The summed E-state index contributed by atoms with van der Waals surface area (Å²) >= 11 is 12.1. The fraction of sp³-hybridized carbons (Fsp3) is 0.417. The van der Waals surface area contributed by atoms with Gasteiger partial charge in [-0.15, -0.1) is 0 Å². The number of anilines is 1. The number of rotatable bonds is 11. The van der Waals surface area contributed by atoms with E-state index in [9.17, 15) is 22.4 Å². The molecule has 0 saturated carbocycles. The maximum Gasteiger partial charge on any atom is 0.244 e. The Bertz CT molecular complexity index is 1160. The minimum Gasteiger partial charge on any atom is -0.354 e. The topological polar surface area (TPSA) is 86.8 Å². The second-order valence-electron chi connectivity index (χ2n) is 8.58. The van der Waals surface area contributed by atoms with Gasteiger partial charge in [0.05, 0.1) is 22.0 Å². The smallest absolute Gasteiger partial charge is 0.244 e. The normalized spacial score (nSPS) is 12.3. The number of amides is 2. The van der Waals surface area contributed by atoms with E-state index in [2.05, 4.69) is 5.32 Å². The summed E-state index contributed by atoms with van der Waals surface area (Å²) in [5.74, 6) is -1.43. The molecular weight excluding hydrogens is 516 g/mol. The van der Waals surface area contributed by atoms with Crippen LogP contribution in [0.1, 0.15) is 32.8 Å². The highest BCUT2D eigenvalue weighted by molar-refractivity contribution is 7.92. The van der Waals surface area contributed by atoms with Crippen molar-refractivity contribution < 1.29 is 22.4 Å². The van der Waals surface area contributed by atoms with E-state index in [1.807, 2.05) is 13.8 Å². The predicted molar refractivity (Wildman–Crippen MR) is 138 cm³/mol. The molecule has 0 spiro atoms. The van der Waals surface area contributed by atoms with Gasteiger partial charge >= 0.3 is 0 Å². The van der Waals surface area contributed by atoms with Gasteiger partial charge in [0.25, 0.3) is 0 Å². The van der Waals surface area contributed by atoms with Crippen molar-refractivity contribution in [1.29, 1.82) is 0 Å². The molecule has 2 rings (SSSR count). The van der Waals surface area contributed by atoms with Crippen molar-refractivity contribution in [2.45, 2.75) is 39.8 Å². The summed E-state index contributed by atoms with van der Waals surface area (Å²) in [6, 6.07) is 8.93. The second kappa shape index (κ2) is 12.6. The Morgan fingerprint density at radius 1 is 1.09 bits per heavy atom. The van der Waals surface area contributed by atoms with Gasteiger partial charge in [0.1, 0.15) is 18.4 Å². The quantitative estimate of drug-likeness (QED) is 0.451. The maximum absolute atomic E-state index is 13.8. The molecular formula is C24H30Cl2FN3O4S. The molecule has 11 heteroatoms. The Balaban J connectivity index is 2.44. The van der Waals surface area contributed by atoms with Gasteiger partial charge in [-0.2, -0.15) is 0 Å². The van der Waals surface area contributed by atoms with E-state index in [4.69, 9.17) is 23.2 Å². The number of nitrogens with one attached hydrogen (secondary N) is 1. The van der Waals surface area contributed by atoms with Crippen molar-refractivity contribution in [2.24, 2.45) is 5.92 Å². The molecule has 0 heterocycles. The highest BCUT2D eigenvalue weighted by Crippen LogP contribution is 2.25. The molecule has 2 amide bonds. The van der Waals surface area contributed by atoms with Gasteiger partial charge in [0, 0.05) is 13.1 Å². The third-order valence-corrected chi connectivity index (χ3v) is 7.06. The molecule has 7 nitrogen and oxygen atoms in total. The molecule has 0 aromatic heterocycles. The molecule has 2 aromatic rings. The first-order chi connectivity index (χ1) is 16.3. The zero-order valence-corrected chi connectivity index (χ0v) is 22.4. The third kappa shape index (κ3) is 8.37. The minimum absolute atomic E-state index is 0.00708. The van der Waals surface area contributed by atoms with E-state index in [-0.39, 0.29) is 35.5 Å². The van der Waals surface area contributed by atoms with Gasteiger partial charge in [-0.1, -0.05) is 56.1 Å². The van der Waals surface area contributed by atoms with Crippen molar-refractivity contribution >= 4 is 50.7 Å². The number of nitrogens with zero attached hydrogens (tertiary/aromatic N) is 2. The van der Waals surface area contributed by atoms with Gasteiger partial charge in [-0.3, -0.25) is 13.9 Å². The number of hydrogen-bond acceptors (Lipinski definition) is 4. The van der Waals surface area contributed by atoms with E-state index >= 15 is 0 Å². The number of carbonyl (C=O) groups is 2. The first-order valence-electron chi connectivity index (χ1n) is 11.1. The van der Waals surface area contributed by atoms with Crippen LogP contribution in [-0.2, 0) is 26.2 Å².